The average molecular weight is 474 g/mol. The highest BCUT2D eigenvalue weighted by atomic mass is 19.1. The van der Waals surface area contributed by atoms with Crippen LogP contribution in [0.15, 0.2) is 37.1 Å². The fraction of sp³-hybridized carbons (Fsp3) is 0.280. The summed E-state index contributed by atoms with van der Waals surface area (Å²) < 4.78 is 17.4. The smallest absolute Gasteiger partial charge is 0.413 e. The molecule has 2 aliphatic rings. The summed E-state index contributed by atoms with van der Waals surface area (Å²) >= 11 is 0. The maximum atomic E-state index is 15.5. The van der Waals surface area contributed by atoms with Crippen molar-refractivity contribution in [3.8, 4) is 11.1 Å². The number of hydrogen-bond acceptors (Lipinski definition) is 6. The zero-order valence-electron chi connectivity index (χ0n) is 19.1. The van der Waals surface area contributed by atoms with Crippen molar-refractivity contribution in [1.29, 1.82) is 0 Å². The lowest BCUT2D eigenvalue weighted by atomic mass is 9.95. The maximum Gasteiger partial charge on any atom is 0.413 e. The van der Waals surface area contributed by atoms with Crippen LogP contribution in [-0.4, -0.2) is 43.3 Å². The van der Waals surface area contributed by atoms with E-state index < -0.39 is 11.9 Å². The zero-order valence-corrected chi connectivity index (χ0v) is 19.1. The lowest BCUT2D eigenvalue weighted by molar-refractivity contribution is 0.198. The van der Waals surface area contributed by atoms with Gasteiger partial charge in [-0.25, -0.2) is 19.2 Å². The van der Waals surface area contributed by atoms with Crippen molar-refractivity contribution in [2.24, 2.45) is 0 Å². The van der Waals surface area contributed by atoms with E-state index >= 15 is 4.39 Å². The summed E-state index contributed by atoms with van der Waals surface area (Å²) in [4.78, 5) is 26.5. The number of rotatable bonds is 3. The van der Waals surface area contributed by atoms with Crippen molar-refractivity contribution in [3.05, 3.63) is 59.8 Å². The number of fused-ring (bicyclic) bond motifs is 3. The van der Waals surface area contributed by atoms with Crippen LogP contribution in [0.4, 0.5) is 26.4 Å². The van der Waals surface area contributed by atoms with E-state index in [9.17, 15) is 9.90 Å². The number of benzene rings is 1. The molecule has 1 unspecified atom stereocenters. The molecule has 0 bridgehead atoms. The van der Waals surface area contributed by atoms with E-state index in [0.29, 0.717) is 34.9 Å². The van der Waals surface area contributed by atoms with Gasteiger partial charge in [0.1, 0.15) is 5.82 Å². The molecule has 178 valence electrons. The Hall–Kier alpha value is -4.21. The van der Waals surface area contributed by atoms with Crippen LogP contribution in [0.5, 0.6) is 0 Å². The molecule has 4 N–H and O–H groups in total. The first-order chi connectivity index (χ1) is 16.9. The van der Waals surface area contributed by atoms with Gasteiger partial charge in [-0.05, 0) is 42.8 Å². The molecule has 0 fully saturated rings. The number of aromatic nitrogens is 4. The van der Waals surface area contributed by atoms with Crippen LogP contribution in [0, 0.1) is 12.7 Å². The van der Waals surface area contributed by atoms with Crippen LogP contribution < -0.4 is 16.0 Å². The summed E-state index contributed by atoms with van der Waals surface area (Å²) in [6, 6.07) is 3.05. The van der Waals surface area contributed by atoms with Crippen LogP contribution in [0.25, 0.3) is 21.9 Å². The van der Waals surface area contributed by atoms with Gasteiger partial charge in [0.25, 0.3) is 0 Å². The molecule has 0 spiro atoms. The third-order valence-electron chi connectivity index (χ3n) is 7.05. The summed E-state index contributed by atoms with van der Waals surface area (Å²) in [5.41, 5.74) is 11.0. The predicted molar refractivity (Wildman–Crippen MR) is 131 cm³/mol. The van der Waals surface area contributed by atoms with Crippen molar-refractivity contribution in [2.45, 2.75) is 38.8 Å². The molecule has 1 aromatic carbocycles. The van der Waals surface area contributed by atoms with Gasteiger partial charge in [-0.1, -0.05) is 0 Å². The summed E-state index contributed by atoms with van der Waals surface area (Å²) in [6.45, 7) is 3.29. The van der Waals surface area contributed by atoms with Gasteiger partial charge in [0.05, 0.1) is 29.4 Å². The Balaban J connectivity index is 1.45. The Morgan fingerprint density at radius 3 is 2.91 bits per heavy atom. The molecular formula is C25H24FN7O2. The monoisotopic (exact) mass is 473 g/mol. The summed E-state index contributed by atoms with van der Waals surface area (Å²) in [5.74, 6) is -0.266. The Kier molecular flexibility index (Phi) is 4.84. The van der Waals surface area contributed by atoms with E-state index in [0.717, 1.165) is 42.0 Å². The van der Waals surface area contributed by atoms with Crippen molar-refractivity contribution < 1.29 is 14.3 Å². The molecule has 9 nitrogen and oxygen atoms in total. The largest absolute Gasteiger partial charge is 0.465 e. The molecule has 1 amide bonds. The number of imidazole rings is 1. The van der Waals surface area contributed by atoms with Crippen LogP contribution in [0.1, 0.15) is 23.4 Å². The van der Waals surface area contributed by atoms with E-state index in [1.165, 1.54) is 11.1 Å². The Morgan fingerprint density at radius 1 is 1.26 bits per heavy atom. The third-order valence-corrected chi connectivity index (χ3v) is 7.05. The zero-order chi connectivity index (χ0) is 24.3. The second kappa shape index (κ2) is 7.93. The summed E-state index contributed by atoms with van der Waals surface area (Å²) in [5, 5.41) is 14.4. The first-order valence-electron chi connectivity index (χ1n) is 11.5. The number of amides is 1. The number of nitrogens with zero attached hydrogens (tertiary/aromatic N) is 5. The molecular weight excluding hydrogens is 449 g/mol. The number of hydrogen-bond donors (Lipinski definition) is 3. The standard InChI is InChI=1S/C25H24FN7O2/c1-13-18(9-30-20-3-2-4-29-24(13)20)17-5-14-6-21(31-10-19(14)23(27)22(17)26)33(25(34)35)16-7-15-8-28-12-32(15)11-16/h5-6,8-10,12,16,29H,2-4,7,11,27H2,1H3,(H,34,35). The predicted octanol–water partition coefficient (Wildman–Crippen LogP) is 3.99. The number of halogens is 1. The molecule has 4 aromatic rings. The highest BCUT2D eigenvalue weighted by molar-refractivity contribution is 5.99. The van der Waals surface area contributed by atoms with E-state index in [4.69, 9.17) is 5.73 Å². The van der Waals surface area contributed by atoms with Crippen molar-refractivity contribution in [1.82, 2.24) is 19.5 Å². The third kappa shape index (κ3) is 3.36. The van der Waals surface area contributed by atoms with Crippen LogP contribution in [-0.2, 0) is 19.4 Å². The summed E-state index contributed by atoms with van der Waals surface area (Å²) in [7, 11) is 0. The van der Waals surface area contributed by atoms with Gasteiger partial charge in [-0.3, -0.25) is 9.88 Å². The van der Waals surface area contributed by atoms with Crippen molar-refractivity contribution in [3.63, 3.8) is 0 Å². The number of pyridine rings is 2. The topological polar surface area (TPSA) is 122 Å². The van der Waals surface area contributed by atoms with E-state index in [1.807, 2.05) is 11.5 Å². The number of carbonyl (C=O) groups is 1. The Morgan fingerprint density at radius 2 is 2.11 bits per heavy atom. The first kappa shape index (κ1) is 21.3. The van der Waals surface area contributed by atoms with Crippen LogP contribution >= 0.6 is 0 Å². The molecule has 5 heterocycles. The highest BCUT2D eigenvalue weighted by Crippen LogP contribution is 2.38. The Bertz CT molecular complexity index is 1480. The molecule has 0 saturated carbocycles. The van der Waals surface area contributed by atoms with E-state index in [1.54, 1.807) is 30.9 Å². The number of anilines is 3. The number of aryl methyl sites for hydroxylation is 1. The first-order valence-corrected chi connectivity index (χ1v) is 11.5. The Labute approximate surface area is 200 Å². The van der Waals surface area contributed by atoms with Crippen molar-refractivity contribution >= 4 is 34.1 Å². The van der Waals surface area contributed by atoms with E-state index in [2.05, 4.69) is 20.3 Å². The normalized spacial score (nSPS) is 16.6. The van der Waals surface area contributed by atoms with E-state index in [-0.39, 0.29) is 17.5 Å². The van der Waals surface area contributed by atoms with Gasteiger partial charge < -0.3 is 20.7 Å². The molecule has 0 aliphatic carbocycles. The van der Waals surface area contributed by atoms with Crippen LogP contribution in [0.2, 0.25) is 0 Å². The van der Waals surface area contributed by atoms with Crippen molar-refractivity contribution in [2.75, 3.05) is 22.5 Å². The van der Waals surface area contributed by atoms with Gasteiger partial charge >= 0.3 is 6.09 Å². The quantitative estimate of drug-likeness (QED) is 0.385. The van der Waals surface area contributed by atoms with Gasteiger partial charge in [0.15, 0.2) is 5.82 Å². The number of nitrogen functional groups attached to an aromatic ring is 1. The van der Waals surface area contributed by atoms with Gasteiger partial charge in [-0.15, -0.1) is 0 Å². The second-order valence-electron chi connectivity index (χ2n) is 9.11. The lowest BCUT2D eigenvalue weighted by Crippen LogP contribution is -2.41. The molecule has 35 heavy (non-hydrogen) atoms. The minimum Gasteiger partial charge on any atom is -0.465 e. The summed E-state index contributed by atoms with van der Waals surface area (Å²) in [6.07, 6.45) is 7.90. The molecule has 0 saturated heterocycles. The highest BCUT2D eigenvalue weighted by Gasteiger charge is 2.32. The fourth-order valence-corrected chi connectivity index (χ4v) is 5.26. The minimum atomic E-state index is -1.10. The molecule has 1 atom stereocenters. The fourth-order valence-electron chi connectivity index (χ4n) is 5.26. The van der Waals surface area contributed by atoms with Gasteiger partial charge in [0, 0.05) is 60.3 Å². The number of nitrogens with one attached hydrogen (secondary N) is 1. The minimum absolute atomic E-state index is 0.0219. The average Bonchev–Trinajstić information content (AvgIpc) is 3.44. The maximum absolute atomic E-state index is 15.5. The molecule has 3 aromatic heterocycles. The number of nitrogens with two attached hydrogens (primary N) is 1. The second-order valence-corrected chi connectivity index (χ2v) is 9.11. The van der Waals surface area contributed by atoms with Crippen LogP contribution in [0.3, 0.4) is 0 Å². The lowest BCUT2D eigenvalue weighted by Gasteiger charge is -2.25. The van der Waals surface area contributed by atoms with Gasteiger partial charge in [0.2, 0.25) is 0 Å². The molecule has 0 radical (unpaired) electrons. The number of carboxylic acid groups (broad SMARTS) is 1. The molecule has 10 heteroatoms. The van der Waals surface area contributed by atoms with Gasteiger partial charge in [-0.2, -0.15) is 0 Å². The molecule has 2 aliphatic heterocycles. The molecule has 6 rings (SSSR count). The SMILES string of the molecule is Cc1c(-c2cc3cc(N(C(=O)O)C4Cc5cncn5C4)ncc3c(N)c2F)cnc2c1NCCC2.